The second-order valence-electron chi connectivity index (χ2n) is 7.21. The zero-order chi connectivity index (χ0) is 20.8. The first-order valence-electron chi connectivity index (χ1n) is 9.11. The number of nitrogens with zero attached hydrogens (tertiary/aromatic N) is 3. The number of rotatable bonds is 3. The molecular weight excluding hydrogens is 383 g/mol. The van der Waals surface area contributed by atoms with E-state index in [1.54, 1.807) is 0 Å². The highest BCUT2D eigenvalue weighted by molar-refractivity contribution is 5.96. The van der Waals surface area contributed by atoms with Crippen molar-refractivity contribution in [1.82, 2.24) is 10.1 Å². The van der Waals surface area contributed by atoms with Crippen LogP contribution in [0, 0.1) is 13.8 Å². The van der Waals surface area contributed by atoms with E-state index in [1.165, 1.54) is 17.0 Å². The first-order chi connectivity index (χ1) is 13.7. The summed E-state index contributed by atoms with van der Waals surface area (Å²) in [5.41, 5.74) is 2.76. The van der Waals surface area contributed by atoms with Crippen molar-refractivity contribution in [2.24, 2.45) is 0 Å². The van der Waals surface area contributed by atoms with E-state index in [2.05, 4.69) is 10.1 Å². The molecule has 0 N–H and O–H groups in total. The van der Waals surface area contributed by atoms with Crippen LogP contribution in [0.3, 0.4) is 0 Å². The molecule has 29 heavy (non-hydrogen) atoms. The van der Waals surface area contributed by atoms with Gasteiger partial charge in [-0.1, -0.05) is 17.3 Å². The monoisotopic (exact) mass is 401 g/mol. The molecule has 0 aliphatic carbocycles. The number of aryl methyl sites for hydroxylation is 2. The second-order valence-corrected chi connectivity index (χ2v) is 7.21. The van der Waals surface area contributed by atoms with Gasteiger partial charge in [-0.25, -0.2) is 0 Å². The number of benzene rings is 2. The number of carbonyl (C=O) groups excluding carboxylic acids is 1. The lowest BCUT2D eigenvalue weighted by atomic mass is 10.1. The molecule has 1 atom stereocenters. The minimum absolute atomic E-state index is 0.162. The van der Waals surface area contributed by atoms with Crippen molar-refractivity contribution >= 4 is 11.6 Å². The molecule has 1 fully saturated rings. The number of anilines is 1. The number of aromatic nitrogens is 2. The maximum atomic E-state index is 12.7. The van der Waals surface area contributed by atoms with E-state index in [0.29, 0.717) is 17.4 Å². The van der Waals surface area contributed by atoms with E-state index in [4.69, 9.17) is 4.52 Å². The Labute approximate surface area is 165 Å². The minimum atomic E-state index is -4.41. The zero-order valence-corrected chi connectivity index (χ0v) is 15.8. The molecule has 0 bridgehead atoms. The van der Waals surface area contributed by atoms with E-state index in [-0.39, 0.29) is 24.8 Å². The molecule has 1 aliphatic heterocycles. The summed E-state index contributed by atoms with van der Waals surface area (Å²) in [6, 6.07) is 10.4. The number of hydrogen-bond donors (Lipinski definition) is 0. The standard InChI is InChI=1S/C21H18F3N3O2/c1-12-3-4-14(9-13(12)2)19-25-20(29-26-19)15-10-18(28)27(11-15)17-7-5-16(6-8-17)21(22,23)24/h3-9,15H,10-11H2,1-2H3. The molecule has 2 heterocycles. The van der Waals surface area contributed by atoms with Crippen LogP contribution in [0.25, 0.3) is 11.4 Å². The number of alkyl halides is 3. The molecule has 0 spiro atoms. The van der Waals surface area contributed by atoms with Gasteiger partial charge in [-0.2, -0.15) is 18.2 Å². The lowest BCUT2D eigenvalue weighted by Gasteiger charge is -2.17. The number of halogens is 3. The van der Waals surface area contributed by atoms with Gasteiger partial charge in [0.25, 0.3) is 0 Å². The summed E-state index contributed by atoms with van der Waals surface area (Å²) in [4.78, 5) is 18.3. The molecule has 4 rings (SSSR count). The summed E-state index contributed by atoms with van der Waals surface area (Å²) in [6.45, 7) is 4.29. The maximum absolute atomic E-state index is 12.7. The molecule has 8 heteroatoms. The highest BCUT2D eigenvalue weighted by Gasteiger charge is 2.36. The SMILES string of the molecule is Cc1ccc(-c2noc(C3CC(=O)N(c4ccc(C(F)(F)F)cc4)C3)n2)cc1C. The number of carbonyl (C=O) groups is 1. The van der Waals surface area contributed by atoms with Crippen molar-refractivity contribution in [3.8, 4) is 11.4 Å². The highest BCUT2D eigenvalue weighted by atomic mass is 19.4. The highest BCUT2D eigenvalue weighted by Crippen LogP contribution is 2.34. The normalized spacial score (nSPS) is 17.2. The quantitative estimate of drug-likeness (QED) is 0.627. The molecule has 3 aromatic rings. The van der Waals surface area contributed by atoms with Gasteiger partial charge in [0, 0.05) is 24.2 Å². The largest absolute Gasteiger partial charge is 0.416 e. The fourth-order valence-corrected chi connectivity index (χ4v) is 3.35. The van der Waals surface area contributed by atoms with E-state index in [0.717, 1.165) is 28.8 Å². The molecule has 0 saturated carbocycles. The van der Waals surface area contributed by atoms with Gasteiger partial charge in [-0.3, -0.25) is 4.79 Å². The Bertz CT molecular complexity index is 1060. The summed E-state index contributed by atoms with van der Waals surface area (Å²) in [5, 5.41) is 4.02. The van der Waals surface area contributed by atoms with Crippen LogP contribution < -0.4 is 4.90 Å². The van der Waals surface area contributed by atoms with Crippen molar-refractivity contribution in [2.45, 2.75) is 32.4 Å². The molecule has 2 aromatic carbocycles. The molecule has 0 radical (unpaired) electrons. The molecular formula is C21H18F3N3O2. The Morgan fingerprint density at radius 3 is 2.45 bits per heavy atom. The lowest BCUT2D eigenvalue weighted by molar-refractivity contribution is -0.137. The Morgan fingerprint density at radius 1 is 1.07 bits per heavy atom. The van der Waals surface area contributed by atoms with Gasteiger partial charge < -0.3 is 9.42 Å². The average Bonchev–Trinajstić information content (AvgIpc) is 3.30. The zero-order valence-electron chi connectivity index (χ0n) is 15.8. The smallest absolute Gasteiger partial charge is 0.339 e. The summed E-state index contributed by atoms with van der Waals surface area (Å²) < 4.78 is 43.6. The molecule has 5 nitrogen and oxygen atoms in total. The van der Waals surface area contributed by atoms with Gasteiger partial charge in [0.1, 0.15) is 0 Å². The summed E-state index contributed by atoms with van der Waals surface area (Å²) in [6.07, 6.45) is -4.25. The van der Waals surface area contributed by atoms with Gasteiger partial charge in [0.2, 0.25) is 17.6 Å². The minimum Gasteiger partial charge on any atom is -0.339 e. The van der Waals surface area contributed by atoms with E-state index >= 15 is 0 Å². The van der Waals surface area contributed by atoms with E-state index in [1.807, 2.05) is 32.0 Å². The number of amides is 1. The first kappa shape index (κ1) is 19.2. The van der Waals surface area contributed by atoms with Crippen LogP contribution in [0.2, 0.25) is 0 Å². The fraction of sp³-hybridized carbons (Fsp3) is 0.286. The Morgan fingerprint density at radius 2 is 1.79 bits per heavy atom. The van der Waals surface area contributed by atoms with E-state index < -0.39 is 11.7 Å². The maximum Gasteiger partial charge on any atom is 0.416 e. The van der Waals surface area contributed by atoms with Gasteiger partial charge in [-0.05, 0) is 55.3 Å². The van der Waals surface area contributed by atoms with Crippen LogP contribution in [0.1, 0.15) is 34.9 Å². The molecule has 1 aliphatic rings. The van der Waals surface area contributed by atoms with Crippen LogP contribution in [0.4, 0.5) is 18.9 Å². The van der Waals surface area contributed by atoms with Gasteiger partial charge in [0.15, 0.2) is 0 Å². The summed E-state index contributed by atoms with van der Waals surface area (Å²) >= 11 is 0. The first-order valence-corrected chi connectivity index (χ1v) is 9.11. The van der Waals surface area contributed by atoms with Crippen molar-refractivity contribution in [3.63, 3.8) is 0 Å². The predicted molar refractivity (Wildman–Crippen MR) is 100 cm³/mol. The molecule has 150 valence electrons. The van der Waals surface area contributed by atoms with Crippen molar-refractivity contribution in [1.29, 1.82) is 0 Å². The Kier molecular flexibility index (Phi) is 4.64. The molecule has 1 saturated heterocycles. The average molecular weight is 401 g/mol. The van der Waals surface area contributed by atoms with Crippen molar-refractivity contribution in [3.05, 3.63) is 65.0 Å². The third kappa shape index (κ3) is 3.74. The van der Waals surface area contributed by atoms with Crippen LogP contribution >= 0.6 is 0 Å². The Balaban J connectivity index is 1.52. The Hall–Kier alpha value is -3.16. The van der Waals surface area contributed by atoms with E-state index in [9.17, 15) is 18.0 Å². The lowest BCUT2D eigenvalue weighted by Crippen LogP contribution is -2.24. The van der Waals surface area contributed by atoms with Crippen LogP contribution in [-0.2, 0) is 11.0 Å². The summed E-state index contributed by atoms with van der Waals surface area (Å²) in [7, 11) is 0. The molecule has 1 aromatic heterocycles. The number of hydrogen-bond acceptors (Lipinski definition) is 4. The second kappa shape index (κ2) is 7.02. The fourth-order valence-electron chi connectivity index (χ4n) is 3.35. The van der Waals surface area contributed by atoms with Gasteiger partial charge in [0.05, 0.1) is 11.5 Å². The summed E-state index contributed by atoms with van der Waals surface area (Å²) in [5.74, 6) is 0.294. The molecule has 1 unspecified atom stereocenters. The van der Waals surface area contributed by atoms with Crippen LogP contribution in [0.15, 0.2) is 47.0 Å². The topological polar surface area (TPSA) is 59.2 Å². The van der Waals surface area contributed by atoms with Gasteiger partial charge in [-0.15, -0.1) is 0 Å². The van der Waals surface area contributed by atoms with Gasteiger partial charge >= 0.3 is 6.18 Å². The van der Waals surface area contributed by atoms with Crippen molar-refractivity contribution in [2.75, 3.05) is 11.4 Å². The van der Waals surface area contributed by atoms with Crippen LogP contribution in [0.5, 0.6) is 0 Å². The van der Waals surface area contributed by atoms with Crippen molar-refractivity contribution < 1.29 is 22.5 Å². The third-order valence-corrected chi connectivity index (χ3v) is 5.19. The molecule has 1 amide bonds. The van der Waals surface area contributed by atoms with Crippen LogP contribution in [-0.4, -0.2) is 22.6 Å². The third-order valence-electron chi connectivity index (χ3n) is 5.19. The predicted octanol–water partition coefficient (Wildman–Crippen LogP) is 4.89.